The van der Waals surface area contributed by atoms with Crippen LogP contribution < -0.4 is 10.6 Å². The van der Waals surface area contributed by atoms with E-state index >= 15 is 0 Å². The number of rotatable bonds is 3. The van der Waals surface area contributed by atoms with Crippen LogP contribution in [0.1, 0.15) is 20.3 Å². The van der Waals surface area contributed by atoms with Crippen LogP contribution in [0.3, 0.4) is 0 Å². The van der Waals surface area contributed by atoms with Crippen molar-refractivity contribution in [2.45, 2.75) is 32.4 Å². The van der Waals surface area contributed by atoms with Gasteiger partial charge < -0.3 is 15.7 Å². The topological polar surface area (TPSA) is 104 Å². The summed E-state index contributed by atoms with van der Waals surface area (Å²) in [5, 5.41) is 25.5. The molecule has 2 atom stereocenters. The molecule has 0 aromatic heterocycles. The molecule has 0 heterocycles. The van der Waals surface area contributed by atoms with Crippen molar-refractivity contribution in [3.05, 3.63) is 34.4 Å². The zero-order valence-electron chi connectivity index (χ0n) is 11.3. The van der Waals surface area contributed by atoms with E-state index < -0.39 is 17.1 Å². The molecular weight excluding hydrogens is 262 g/mol. The molecule has 2 unspecified atom stereocenters. The molecule has 2 rings (SSSR count). The summed E-state index contributed by atoms with van der Waals surface area (Å²) in [6.45, 7) is 3.75. The highest BCUT2D eigenvalue weighted by Crippen LogP contribution is 2.40. The van der Waals surface area contributed by atoms with E-state index in [0.29, 0.717) is 12.1 Å². The van der Waals surface area contributed by atoms with Gasteiger partial charge in [-0.15, -0.1) is 0 Å². The first-order valence-electron chi connectivity index (χ1n) is 6.30. The summed E-state index contributed by atoms with van der Waals surface area (Å²) < 4.78 is 0. The fourth-order valence-electron chi connectivity index (χ4n) is 2.17. The van der Waals surface area contributed by atoms with Crippen LogP contribution in [-0.2, 0) is 0 Å². The number of non-ortho nitro benzene ring substituents is 1. The van der Waals surface area contributed by atoms with Gasteiger partial charge in [-0.2, -0.15) is 0 Å². The molecule has 0 spiro atoms. The van der Waals surface area contributed by atoms with E-state index in [9.17, 15) is 20.0 Å². The minimum atomic E-state index is -0.519. The summed E-state index contributed by atoms with van der Waals surface area (Å²) in [6.07, 6.45) is 0.0839. The van der Waals surface area contributed by atoms with Crippen LogP contribution in [0.4, 0.5) is 16.2 Å². The van der Waals surface area contributed by atoms with E-state index in [2.05, 4.69) is 10.6 Å². The van der Waals surface area contributed by atoms with E-state index in [-0.39, 0.29) is 17.1 Å². The Hall–Kier alpha value is -2.15. The summed E-state index contributed by atoms with van der Waals surface area (Å²) in [4.78, 5) is 21.9. The normalized spacial score (nSPS) is 23.6. The molecule has 7 nitrogen and oxygen atoms in total. The van der Waals surface area contributed by atoms with Crippen molar-refractivity contribution in [3.8, 4) is 0 Å². The fraction of sp³-hybridized carbons (Fsp3) is 0.462. The number of carbonyl (C=O) groups excluding carboxylic acids is 1. The van der Waals surface area contributed by atoms with Crippen LogP contribution in [0.2, 0.25) is 0 Å². The minimum absolute atomic E-state index is 0.0813. The number of hydrogen-bond donors (Lipinski definition) is 3. The Bertz CT molecular complexity index is 544. The third-order valence-electron chi connectivity index (χ3n) is 3.84. The van der Waals surface area contributed by atoms with Gasteiger partial charge >= 0.3 is 6.03 Å². The predicted octanol–water partition coefficient (Wildman–Crippen LogP) is 1.88. The Morgan fingerprint density at radius 2 is 2.20 bits per heavy atom. The van der Waals surface area contributed by atoms with Crippen LogP contribution in [0.15, 0.2) is 24.3 Å². The lowest BCUT2D eigenvalue weighted by atomic mass is 9.65. The zero-order valence-corrected chi connectivity index (χ0v) is 11.3. The number of benzene rings is 1. The Kier molecular flexibility index (Phi) is 3.63. The lowest BCUT2D eigenvalue weighted by molar-refractivity contribution is -0.384. The molecule has 1 aromatic rings. The summed E-state index contributed by atoms with van der Waals surface area (Å²) >= 11 is 0. The number of carbonyl (C=O) groups is 1. The summed E-state index contributed by atoms with van der Waals surface area (Å²) in [7, 11) is 0. The number of hydrogen-bond acceptors (Lipinski definition) is 4. The molecule has 20 heavy (non-hydrogen) atoms. The number of nitrogens with one attached hydrogen (secondary N) is 2. The molecule has 1 fully saturated rings. The third-order valence-corrected chi connectivity index (χ3v) is 3.84. The van der Waals surface area contributed by atoms with Crippen molar-refractivity contribution in [1.29, 1.82) is 0 Å². The molecular formula is C13H17N3O4. The Balaban J connectivity index is 1.95. The molecule has 1 aliphatic rings. The number of nitro groups is 1. The predicted molar refractivity (Wildman–Crippen MR) is 73.4 cm³/mol. The number of aliphatic hydroxyl groups is 1. The van der Waals surface area contributed by atoms with Gasteiger partial charge in [-0.05, 0) is 12.5 Å². The van der Waals surface area contributed by atoms with Crippen LogP contribution in [-0.4, -0.2) is 28.2 Å². The first kappa shape index (κ1) is 14.3. The van der Waals surface area contributed by atoms with Crippen LogP contribution in [0, 0.1) is 15.5 Å². The Labute approximate surface area is 116 Å². The molecule has 0 bridgehead atoms. The number of aliphatic hydroxyl groups excluding tert-OH is 1. The van der Waals surface area contributed by atoms with Gasteiger partial charge in [0.25, 0.3) is 5.69 Å². The lowest BCUT2D eigenvalue weighted by Crippen LogP contribution is -2.61. The second-order valence-electron chi connectivity index (χ2n) is 5.53. The average Bonchev–Trinajstić information content (AvgIpc) is 2.38. The fourth-order valence-corrected chi connectivity index (χ4v) is 2.17. The SMILES string of the molecule is CC1(C)C(O)CC1NC(=O)Nc1cccc([N+](=O)[O-])c1. The average molecular weight is 279 g/mol. The van der Waals surface area contributed by atoms with Gasteiger partial charge in [0.15, 0.2) is 0 Å². The van der Waals surface area contributed by atoms with Crippen molar-refractivity contribution < 1.29 is 14.8 Å². The Morgan fingerprint density at radius 3 is 2.75 bits per heavy atom. The van der Waals surface area contributed by atoms with Crippen molar-refractivity contribution in [2.24, 2.45) is 5.41 Å². The Morgan fingerprint density at radius 1 is 1.50 bits per heavy atom. The van der Waals surface area contributed by atoms with Crippen LogP contribution in [0.25, 0.3) is 0 Å². The first-order valence-corrected chi connectivity index (χ1v) is 6.30. The highest BCUT2D eigenvalue weighted by molar-refractivity contribution is 5.89. The summed E-state index contributed by atoms with van der Waals surface area (Å²) in [5.41, 5.74) is -0.0865. The smallest absolute Gasteiger partial charge is 0.319 e. The molecule has 108 valence electrons. The van der Waals surface area contributed by atoms with Crippen LogP contribution >= 0.6 is 0 Å². The minimum Gasteiger partial charge on any atom is -0.392 e. The molecule has 1 saturated carbocycles. The molecule has 2 amide bonds. The molecule has 1 aliphatic carbocycles. The van der Waals surface area contributed by atoms with Crippen molar-refractivity contribution in [2.75, 3.05) is 5.32 Å². The van der Waals surface area contributed by atoms with Gasteiger partial charge in [0, 0.05) is 29.3 Å². The van der Waals surface area contributed by atoms with E-state index in [1.807, 2.05) is 13.8 Å². The van der Waals surface area contributed by atoms with E-state index in [1.165, 1.54) is 18.2 Å². The monoisotopic (exact) mass is 279 g/mol. The maximum absolute atomic E-state index is 11.8. The number of anilines is 1. The van der Waals surface area contributed by atoms with Crippen molar-refractivity contribution in [1.82, 2.24) is 5.32 Å². The largest absolute Gasteiger partial charge is 0.392 e. The van der Waals surface area contributed by atoms with Gasteiger partial charge in [0.05, 0.1) is 11.0 Å². The van der Waals surface area contributed by atoms with Crippen LogP contribution in [0.5, 0.6) is 0 Å². The molecule has 1 aromatic carbocycles. The number of urea groups is 1. The lowest BCUT2D eigenvalue weighted by Gasteiger charge is -2.49. The maximum atomic E-state index is 11.8. The number of amides is 2. The van der Waals surface area contributed by atoms with Gasteiger partial charge in [0.1, 0.15) is 0 Å². The van der Waals surface area contributed by atoms with Crippen molar-refractivity contribution in [3.63, 3.8) is 0 Å². The summed E-state index contributed by atoms with van der Waals surface area (Å²) in [6, 6.07) is 5.18. The van der Waals surface area contributed by atoms with Gasteiger partial charge in [-0.25, -0.2) is 4.79 Å². The van der Waals surface area contributed by atoms with Gasteiger partial charge in [0.2, 0.25) is 0 Å². The van der Waals surface area contributed by atoms with E-state index in [4.69, 9.17) is 0 Å². The summed E-state index contributed by atoms with van der Waals surface area (Å²) in [5.74, 6) is 0. The highest BCUT2D eigenvalue weighted by Gasteiger charge is 2.47. The molecule has 0 saturated heterocycles. The second-order valence-corrected chi connectivity index (χ2v) is 5.53. The van der Waals surface area contributed by atoms with Crippen molar-refractivity contribution >= 4 is 17.4 Å². The quantitative estimate of drug-likeness (QED) is 0.580. The standard InChI is InChI=1S/C13H17N3O4/c1-13(2)10(7-11(13)17)15-12(18)14-8-4-3-5-9(6-8)16(19)20/h3-6,10-11,17H,7H2,1-2H3,(H2,14,15,18). The van der Waals surface area contributed by atoms with Gasteiger partial charge in [-0.1, -0.05) is 19.9 Å². The molecule has 3 N–H and O–H groups in total. The third kappa shape index (κ3) is 2.72. The molecule has 0 aliphatic heterocycles. The number of nitrogens with zero attached hydrogens (tertiary/aromatic N) is 1. The van der Waals surface area contributed by atoms with E-state index in [1.54, 1.807) is 6.07 Å². The zero-order chi connectivity index (χ0) is 14.9. The van der Waals surface area contributed by atoms with Gasteiger partial charge in [-0.3, -0.25) is 10.1 Å². The highest BCUT2D eigenvalue weighted by atomic mass is 16.6. The second kappa shape index (κ2) is 5.09. The number of nitro benzene ring substituents is 1. The van der Waals surface area contributed by atoms with E-state index in [0.717, 1.165) is 0 Å². The molecule has 7 heteroatoms. The molecule has 0 radical (unpaired) electrons. The maximum Gasteiger partial charge on any atom is 0.319 e. The first-order chi connectivity index (χ1) is 9.30.